The van der Waals surface area contributed by atoms with Gasteiger partial charge in [-0.2, -0.15) is 5.10 Å². The van der Waals surface area contributed by atoms with Gasteiger partial charge in [-0.25, -0.2) is 0 Å². The zero-order valence-electron chi connectivity index (χ0n) is 15.0. The zero-order valence-corrected chi connectivity index (χ0v) is 16.5. The lowest BCUT2D eigenvalue weighted by molar-refractivity contribution is -0.126. The summed E-state index contributed by atoms with van der Waals surface area (Å²) in [6, 6.07) is 4.44. The molecule has 1 spiro atoms. The van der Waals surface area contributed by atoms with Crippen LogP contribution in [0.4, 0.5) is 0 Å². The van der Waals surface area contributed by atoms with Crippen molar-refractivity contribution in [2.45, 2.75) is 38.6 Å². The third-order valence-electron chi connectivity index (χ3n) is 6.04. The first-order valence-corrected chi connectivity index (χ1v) is 9.66. The first-order chi connectivity index (χ1) is 11.9. The highest BCUT2D eigenvalue weighted by Gasteiger charge is 2.46. The van der Waals surface area contributed by atoms with Crippen molar-refractivity contribution < 1.29 is 9.53 Å². The number of carbonyl (C=O) groups excluding carboxylic acids is 1. The molecule has 25 heavy (non-hydrogen) atoms. The summed E-state index contributed by atoms with van der Waals surface area (Å²) in [6.07, 6.45) is 6.13. The Bertz CT molecular complexity index is 833. The molecule has 2 fully saturated rings. The van der Waals surface area contributed by atoms with Crippen molar-refractivity contribution >= 4 is 32.7 Å². The molecule has 3 atom stereocenters. The Balaban J connectivity index is 1.59. The number of ether oxygens (including phenoxy) is 1. The van der Waals surface area contributed by atoms with Gasteiger partial charge in [-0.05, 0) is 52.6 Å². The second-order valence-electron chi connectivity index (χ2n) is 7.87. The molecule has 6 heteroatoms. The molecule has 134 valence electrons. The average Bonchev–Trinajstić information content (AvgIpc) is 3.07. The van der Waals surface area contributed by atoms with Crippen LogP contribution in [-0.2, 0) is 4.79 Å². The van der Waals surface area contributed by atoms with Gasteiger partial charge < -0.3 is 9.64 Å². The number of benzene rings is 1. The maximum atomic E-state index is 12.0. The van der Waals surface area contributed by atoms with Gasteiger partial charge in [0.15, 0.2) is 0 Å². The lowest BCUT2D eigenvalue weighted by atomic mass is 9.67. The smallest absolute Gasteiger partial charge is 0.222 e. The average molecular weight is 406 g/mol. The molecule has 0 N–H and O–H groups in total. The molecule has 2 aromatic rings. The first kappa shape index (κ1) is 16.9. The topological polar surface area (TPSA) is 47.4 Å². The number of fused-ring (bicyclic) bond motifs is 1. The van der Waals surface area contributed by atoms with Crippen LogP contribution in [0.5, 0.6) is 5.75 Å². The summed E-state index contributed by atoms with van der Waals surface area (Å²) in [5.41, 5.74) is 1.14. The molecule has 0 radical (unpaired) electrons. The molecular weight excluding hydrogens is 382 g/mol. The van der Waals surface area contributed by atoms with Gasteiger partial charge in [-0.3, -0.25) is 9.48 Å². The summed E-state index contributed by atoms with van der Waals surface area (Å²) in [7, 11) is 3.60. The third kappa shape index (κ3) is 2.84. The number of carbonyl (C=O) groups is 1. The number of hydrogen-bond donors (Lipinski definition) is 0. The van der Waals surface area contributed by atoms with Crippen LogP contribution in [0, 0.1) is 11.3 Å². The molecule has 1 aromatic carbocycles. The van der Waals surface area contributed by atoms with Gasteiger partial charge in [0.1, 0.15) is 5.75 Å². The van der Waals surface area contributed by atoms with Crippen molar-refractivity contribution in [1.29, 1.82) is 0 Å². The van der Waals surface area contributed by atoms with E-state index in [1.807, 2.05) is 18.0 Å². The molecule has 1 saturated heterocycles. The SMILES string of the molecule is COc1cc2nn([C@H]3CC[C@]4(CC(=O)N(C)C4)C[C@@H]3C)cc2cc1Br. The van der Waals surface area contributed by atoms with Crippen molar-refractivity contribution in [2.24, 2.45) is 11.3 Å². The second-order valence-corrected chi connectivity index (χ2v) is 8.72. The van der Waals surface area contributed by atoms with E-state index in [2.05, 4.69) is 39.8 Å². The Morgan fingerprint density at radius 1 is 1.40 bits per heavy atom. The Morgan fingerprint density at radius 3 is 2.84 bits per heavy atom. The van der Waals surface area contributed by atoms with Crippen molar-refractivity contribution in [3.8, 4) is 5.75 Å². The number of methoxy groups -OCH3 is 1. The fraction of sp³-hybridized carbons (Fsp3) is 0.579. The van der Waals surface area contributed by atoms with Gasteiger partial charge in [0.2, 0.25) is 5.91 Å². The Morgan fingerprint density at radius 2 is 2.20 bits per heavy atom. The van der Waals surface area contributed by atoms with Crippen LogP contribution in [0.15, 0.2) is 22.8 Å². The number of rotatable bonds is 2. The highest BCUT2D eigenvalue weighted by molar-refractivity contribution is 9.10. The molecule has 2 heterocycles. The van der Waals surface area contributed by atoms with E-state index >= 15 is 0 Å². The van der Waals surface area contributed by atoms with Crippen LogP contribution >= 0.6 is 15.9 Å². The predicted octanol–water partition coefficient (Wildman–Crippen LogP) is 4.02. The van der Waals surface area contributed by atoms with Crippen molar-refractivity contribution in [3.63, 3.8) is 0 Å². The lowest BCUT2D eigenvalue weighted by Crippen LogP contribution is -2.35. The number of hydrogen-bond acceptors (Lipinski definition) is 3. The first-order valence-electron chi connectivity index (χ1n) is 8.87. The molecule has 1 aromatic heterocycles. The van der Waals surface area contributed by atoms with Gasteiger partial charge in [0.25, 0.3) is 0 Å². The largest absolute Gasteiger partial charge is 0.495 e. The van der Waals surface area contributed by atoms with Crippen LogP contribution in [0.2, 0.25) is 0 Å². The van der Waals surface area contributed by atoms with Crippen LogP contribution < -0.4 is 4.74 Å². The van der Waals surface area contributed by atoms with E-state index in [1.165, 1.54) is 0 Å². The summed E-state index contributed by atoms with van der Waals surface area (Å²) in [5.74, 6) is 1.61. The number of aromatic nitrogens is 2. The minimum absolute atomic E-state index is 0.181. The number of nitrogens with zero attached hydrogens (tertiary/aromatic N) is 3. The van der Waals surface area contributed by atoms with E-state index in [4.69, 9.17) is 9.84 Å². The maximum Gasteiger partial charge on any atom is 0.222 e. The van der Waals surface area contributed by atoms with E-state index in [0.29, 0.717) is 24.3 Å². The van der Waals surface area contributed by atoms with Gasteiger partial charge in [-0.1, -0.05) is 6.92 Å². The van der Waals surface area contributed by atoms with E-state index in [9.17, 15) is 4.79 Å². The normalized spacial score (nSPS) is 29.8. The number of halogens is 1. The van der Waals surface area contributed by atoms with Gasteiger partial charge >= 0.3 is 0 Å². The second kappa shape index (κ2) is 6.01. The van der Waals surface area contributed by atoms with E-state index in [1.54, 1.807) is 7.11 Å². The molecular formula is C19H24BrN3O2. The summed E-state index contributed by atoms with van der Waals surface area (Å²) in [4.78, 5) is 13.9. The van der Waals surface area contributed by atoms with Crippen LogP contribution in [-0.4, -0.2) is 41.3 Å². The predicted molar refractivity (Wildman–Crippen MR) is 101 cm³/mol. The fourth-order valence-electron chi connectivity index (χ4n) is 4.83. The van der Waals surface area contributed by atoms with Crippen LogP contribution in [0.1, 0.15) is 38.6 Å². The third-order valence-corrected chi connectivity index (χ3v) is 6.66. The highest BCUT2D eigenvalue weighted by atomic mass is 79.9. The van der Waals surface area contributed by atoms with Crippen LogP contribution in [0.3, 0.4) is 0 Å². The monoisotopic (exact) mass is 405 g/mol. The summed E-state index contributed by atoms with van der Waals surface area (Å²) in [5, 5.41) is 5.94. The number of likely N-dealkylation sites (tertiary alicyclic amines) is 1. The molecule has 1 aliphatic carbocycles. The highest BCUT2D eigenvalue weighted by Crippen LogP contribution is 2.49. The lowest BCUT2D eigenvalue weighted by Gasteiger charge is -2.40. The Kier molecular flexibility index (Phi) is 4.06. The minimum atomic E-state index is 0.181. The summed E-state index contributed by atoms with van der Waals surface area (Å²) < 4.78 is 8.46. The molecule has 5 nitrogen and oxygen atoms in total. The van der Waals surface area contributed by atoms with Gasteiger partial charge in [0.05, 0.1) is 23.1 Å². The van der Waals surface area contributed by atoms with Crippen molar-refractivity contribution in [3.05, 3.63) is 22.8 Å². The quantitative estimate of drug-likeness (QED) is 0.757. The molecule has 0 unspecified atom stereocenters. The zero-order chi connectivity index (χ0) is 17.8. The van der Waals surface area contributed by atoms with E-state index < -0.39 is 0 Å². The molecule has 1 aliphatic heterocycles. The van der Waals surface area contributed by atoms with Crippen molar-refractivity contribution in [1.82, 2.24) is 14.7 Å². The molecule has 1 saturated carbocycles. The van der Waals surface area contributed by atoms with E-state index in [0.717, 1.165) is 46.9 Å². The fourth-order valence-corrected chi connectivity index (χ4v) is 5.35. The molecule has 0 bridgehead atoms. The minimum Gasteiger partial charge on any atom is -0.495 e. The summed E-state index contributed by atoms with van der Waals surface area (Å²) in [6.45, 7) is 3.21. The standard InChI is InChI=1S/C19H24BrN3O2/c1-12-8-19(9-18(24)22(2)11-19)5-4-16(12)23-10-13-6-14(20)17(25-3)7-15(13)21-23/h6-7,10,12,16H,4-5,8-9,11H2,1-3H3/t12-,16-,19+/m0/s1. The van der Waals surface area contributed by atoms with Gasteiger partial charge in [0, 0.05) is 37.7 Å². The Labute approximate surface area is 156 Å². The van der Waals surface area contributed by atoms with Crippen molar-refractivity contribution in [2.75, 3.05) is 20.7 Å². The molecule has 2 aliphatic rings. The van der Waals surface area contributed by atoms with Gasteiger partial charge in [-0.15, -0.1) is 0 Å². The van der Waals surface area contributed by atoms with E-state index in [-0.39, 0.29) is 5.41 Å². The Hall–Kier alpha value is -1.56. The maximum absolute atomic E-state index is 12.0. The summed E-state index contributed by atoms with van der Waals surface area (Å²) >= 11 is 3.55. The molecule has 4 rings (SSSR count). The molecule has 1 amide bonds. The van der Waals surface area contributed by atoms with Crippen LogP contribution in [0.25, 0.3) is 10.9 Å². The number of amides is 1.